The molecule has 0 aliphatic rings. The van der Waals surface area contributed by atoms with E-state index in [-0.39, 0.29) is 11.3 Å². The van der Waals surface area contributed by atoms with Crippen LogP contribution in [-0.4, -0.2) is 25.8 Å². The molecule has 0 aliphatic carbocycles. The van der Waals surface area contributed by atoms with E-state index in [9.17, 15) is 14.9 Å². The molecule has 2 rings (SSSR count). The standard InChI is InChI=1S/C10H8N4O3/c1-7-6-13(12-11-7)10(15)8-3-2-4-9(5-8)14(16)17/h2-6H,1H3. The van der Waals surface area contributed by atoms with Crippen LogP contribution < -0.4 is 0 Å². The van der Waals surface area contributed by atoms with E-state index in [2.05, 4.69) is 10.3 Å². The summed E-state index contributed by atoms with van der Waals surface area (Å²) in [6.07, 6.45) is 1.46. The molecule has 0 N–H and O–H groups in total. The molecule has 1 heterocycles. The summed E-state index contributed by atoms with van der Waals surface area (Å²) in [7, 11) is 0. The van der Waals surface area contributed by atoms with Crippen molar-refractivity contribution in [3.8, 4) is 0 Å². The second kappa shape index (κ2) is 4.12. The van der Waals surface area contributed by atoms with Crippen LogP contribution in [0.5, 0.6) is 0 Å². The highest BCUT2D eigenvalue weighted by atomic mass is 16.6. The van der Waals surface area contributed by atoms with Crippen LogP contribution in [0, 0.1) is 17.0 Å². The summed E-state index contributed by atoms with van der Waals surface area (Å²) in [5.74, 6) is -0.450. The topological polar surface area (TPSA) is 90.9 Å². The summed E-state index contributed by atoms with van der Waals surface area (Å²) in [5, 5.41) is 17.9. The van der Waals surface area contributed by atoms with E-state index in [0.717, 1.165) is 4.68 Å². The Hall–Kier alpha value is -2.57. The minimum Gasteiger partial charge on any atom is -0.267 e. The molecule has 0 unspecified atom stereocenters. The molecule has 0 radical (unpaired) electrons. The van der Waals surface area contributed by atoms with E-state index < -0.39 is 10.8 Å². The SMILES string of the molecule is Cc1cn(C(=O)c2cccc([N+](=O)[O-])c2)nn1. The van der Waals surface area contributed by atoms with Crippen LogP contribution in [0.1, 0.15) is 16.1 Å². The third-order valence-electron chi connectivity index (χ3n) is 2.12. The minimum atomic E-state index is -0.552. The Morgan fingerprint density at radius 1 is 1.47 bits per heavy atom. The average molecular weight is 232 g/mol. The van der Waals surface area contributed by atoms with Crippen LogP contribution in [0.2, 0.25) is 0 Å². The number of hydrogen-bond acceptors (Lipinski definition) is 5. The van der Waals surface area contributed by atoms with Gasteiger partial charge in [0, 0.05) is 17.7 Å². The maximum atomic E-state index is 11.9. The number of carbonyl (C=O) groups is 1. The van der Waals surface area contributed by atoms with Crippen LogP contribution in [0.4, 0.5) is 5.69 Å². The summed E-state index contributed by atoms with van der Waals surface area (Å²) in [5.41, 5.74) is 0.667. The Labute approximate surface area is 95.8 Å². The lowest BCUT2D eigenvalue weighted by Gasteiger charge is -1.99. The molecule has 0 atom stereocenters. The molecule has 2 aromatic rings. The lowest BCUT2D eigenvalue weighted by molar-refractivity contribution is -0.384. The van der Waals surface area contributed by atoms with E-state index in [4.69, 9.17) is 0 Å². The fraction of sp³-hybridized carbons (Fsp3) is 0.100. The van der Waals surface area contributed by atoms with E-state index in [1.165, 1.54) is 30.5 Å². The molecule has 17 heavy (non-hydrogen) atoms. The molecular weight excluding hydrogens is 224 g/mol. The first-order valence-electron chi connectivity index (χ1n) is 4.76. The minimum absolute atomic E-state index is 0.132. The second-order valence-corrected chi connectivity index (χ2v) is 3.42. The van der Waals surface area contributed by atoms with Crippen molar-refractivity contribution in [3.63, 3.8) is 0 Å². The van der Waals surface area contributed by atoms with Gasteiger partial charge in [0.25, 0.3) is 11.6 Å². The zero-order valence-electron chi connectivity index (χ0n) is 8.90. The van der Waals surface area contributed by atoms with Crippen molar-refractivity contribution in [1.29, 1.82) is 0 Å². The van der Waals surface area contributed by atoms with Gasteiger partial charge in [-0.15, -0.1) is 5.10 Å². The van der Waals surface area contributed by atoms with Gasteiger partial charge in [-0.25, -0.2) is 0 Å². The number of nitrogens with zero attached hydrogens (tertiary/aromatic N) is 4. The summed E-state index contributed by atoms with van der Waals surface area (Å²) in [6, 6.07) is 5.48. The molecule has 0 aliphatic heterocycles. The highest BCUT2D eigenvalue weighted by Crippen LogP contribution is 2.13. The lowest BCUT2D eigenvalue weighted by atomic mass is 10.2. The van der Waals surface area contributed by atoms with Gasteiger partial charge in [-0.05, 0) is 13.0 Å². The predicted molar refractivity (Wildman–Crippen MR) is 57.6 cm³/mol. The molecule has 0 bridgehead atoms. The van der Waals surface area contributed by atoms with Gasteiger partial charge in [-0.1, -0.05) is 11.3 Å². The second-order valence-electron chi connectivity index (χ2n) is 3.42. The molecule has 0 spiro atoms. The first-order chi connectivity index (χ1) is 8.08. The number of rotatable bonds is 2. The van der Waals surface area contributed by atoms with Gasteiger partial charge >= 0.3 is 0 Å². The van der Waals surface area contributed by atoms with Crippen molar-refractivity contribution < 1.29 is 9.72 Å². The Bertz CT molecular complexity index is 591. The van der Waals surface area contributed by atoms with Gasteiger partial charge in [0.1, 0.15) is 0 Å². The molecule has 1 aromatic carbocycles. The highest BCUT2D eigenvalue weighted by Gasteiger charge is 2.14. The fourth-order valence-electron chi connectivity index (χ4n) is 1.33. The average Bonchev–Trinajstić information content (AvgIpc) is 2.75. The molecule has 7 nitrogen and oxygen atoms in total. The molecule has 7 heteroatoms. The Morgan fingerprint density at radius 3 is 2.82 bits per heavy atom. The van der Waals surface area contributed by atoms with Crippen molar-refractivity contribution in [2.45, 2.75) is 6.92 Å². The first-order valence-corrected chi connectivity index (χ1v) is 4.76. The van der Waals surface area contributed by atoms with Crippen LogP contribution in [0.25, 0.3) is 0 Å². The van der Waals surface area contributed by atoms with Crippen LogP contribution in [0.3, 0.4) is 0 Å². The number of aromatic nitrogens is 3. The van der Waals surface area contributed by atoms with E-state index in [1.54, 1.807) is 6.92 Å². The summed E-state index contributed by atoms with van der Waals surface area (Å²) >= 11 is 0. The van der Waals surface area contributed by atoms with E-state index >= 15 is 0 Å². The van der Waals surface area contributed by atoms with Gasteiger partial charge in [-0.3, -0.25) is 14.9 Å². The smallest absolute Gasteiger partial charge is 0.267 e. The predicted octanol–water partition coefficient (Wildman–Crippen LogP) is 1.18. The first kappa shape index (κ1) is 10.9. The van der Waals surface area contributed by atoms with Gasteiger partial charge in [0.05, 0.1) is 16.8 Å². The largest absolute Gasteiger partial charge is 0.279 e. The maximum absolute atomic E-state index is 11.9. The van der Waals surface area contributed by atoms with E-state index in [0.29, 0.717) is 5.69 Å². The lowest BCUT2D eigenvalue weighted by Crippen LogP contribution is -2.12. The van der Waals surface area contributed by atoms with Crippen LogP contribution in [-0.2, 0) is 0 Å². The van der Waals surface area contributed by atoms with Crippen molar-refractivity contribution in [1.82, 2.24) is 15.0 Å². The van der Waals surface area contributed by atoms with Crippen molar-refractivity contribution in [2.75, 3.05) is 0 Å². The number of non-ortho nitro benzene ring substituents is 1. The zero-order chi connectivity index (χ0) is 12.4. The van der Waals surface area contributed by atoms with E-state index in [1.807, 2.05) is 0 Å². The van der Waals surface area contributed by atoms with Crippen molar-refractivity contribution in [2.24, 2.45) is 0 Å². The molecule has 0 saturated heterocycles. The summed E-state index contributed by atoms with van der Waals surface area (Å²) in [6.45, 7) is 1.70. The molecule has 86 valence electrons. The van der Waals surface area contributed by atoms with Gasteiger partial charge < -0.3 is 0 Å². The number of nitro groups is 1. The number of hydrogen-bond donors (Lipinski definition) is 0. The molecule has 0 saturated carbocycles. The van der Waals surface area contributed by atoms with Crippen LogP contribution >= 0.6 is 0 Å². The van der Waals surface area contributed by atoms with Gasteiger partial charge in [-0.2, -0.15) is 4.68 Å². The van der Waals surface area contributed by atoms with Crippen LogP contribution in [0.15, 0.2) is 30.5 Å². The summed E-state index contributed by atoms with van der Waals surface area (Å²) < 4.78 is 1.05. The fourth-order valence-corrected chi connectivity index (χ4v) is 1.33. The maximum Gasteiger partial charge on any atom is 0.279 e. The van der Waals surface area contributed by atoms with Gasteiger partial charge in [0.15, 0.2) is 0 Å². The number of aryl methyl sites for hydroxylation is 1. The van der Waals surface area contributed by atoms with Crippen molar-refractivity contribution in [3.05, 3.63) is 51.8 Å². The Morgan fingerprint density at radius 2 is 2.24 bits per heavy atom. The van der Waals surface area contributed by atoms with Crippen molar-refractivity contribution >= 4 is 11.6 Å². The normalized spacial score (nSPS) is 10.2. The quantitative estimate of drug-likeness (QED) is 0.572. The number of benzene rings is 1. The van der Waals surface area contributed by atoms with Gasteiger partial charge in [0.2, 0.25) is 0 Å². The third-order valence-corrected chi connectivity index (χ3v) is 2.12. The summed E-state index contributed by atoms with van der Waals surface area (Å²) in [4.78, 5) is 21.9. The molecule has 1 aromatic heterocycles. The Balaban J connectivity index is 2.37. The number of carbonyl (C=O) groups excluding carboxylic acids is 1. The number of nitro benzene ring substituents is 1. The monoisotopic (exact) mass is 232 g/mol. The Kier molecular flexibility index (Phi) is 2.65. The zero-order valence-corrected chi connectivity index (χ0v) is 8.90. The highest BCUT2D eigenvalue weighted by molar-refractivity contribution is 5.95. The molecule has 0 fully saturated rings. The third kappa shape index (κ3) is 2.17. The molecule has 0 amide bonds. The molecular formula is C10H8N4O3.